The van der Waals surface area contributed by atoms with Gasteiger partial charge < -0.3 is 37.6 Å². The number of nitrogens with two attached hydrogens (primary N) is 1. The van der Waals surface area contributed by atoms with E-state index in [2.05, 4.69) is 31.9 Å². The van der Waals surface area contributed by atoms with Gasteiger partial charge in [-0.3, -0.25) is 33.6 Å². The smallest absolute Gasteiger partial charge is 0.243 e. The molecule has 186 valence electrons. The Morgan fingerprint density at radius 2 is 1.18 bits per heavy atom. The molecule has 0 saturated heterocycles. The van der Waals surface area contributed by atoms with Crippen LogP contribution in [-0.4, -0.2) is 79.6 Å². The van der Waals surface area contributed by atoms with Crippen molar-refractivity contribution in [3.8, 4) is 0 Å². The van der Waals surface area contributed by atoms with Crippen LogP contribution in [0.1, 0.15) is 34.1 Å². The van der Waals surface area contributed by atoms with Crippen LogP contribution in [0.25, 0.3) is 0 Å². The highest BCUT2D eigenvalue weighted by Crippen LogP contribution is 2.05. The lowest BCUT2D eigenvalue weighted by Crippen LogP contribution is -2.55. The lowest BCUT2D eigenvalue weighted by atomic mass is 10.0. The zero-order chi connectivity index (χ0) is 25.6. The third-order valence-corrected chi connectivity index (χ3v) is 3.94. The number of carbonyl (C=O) groups excluding carboxylic acids is 7. The Balaban J connectivity index is 4.69. The van der Waals surface area contributed by atoms with Crippen LogP contribution in [0.4, 0.5) is 0 Å². The Hall–Kier alpha value is -3.71. The van der Waals surface area contributed by atoms with Gasteiger partial charge in [0, 0.05) is 6.92 Å². The summed E-state index contributed by atoms with van der Waals surface area (Å²) >= 11 is 0. The number of hydrogen-bond donors (Lipinski definition) is 7. The maximum absolute atomic E-state index is 12.6. The summed E-state index contributed by atoms with van der Waals surface area (Å²) in [5, 5.41) is 14.0. The molecule has 8 N–H and O–H groups in total. The minimum atomic E-state index is -1.02. The number of carbonyl (C=O) groups is 7. The molecule has 33 heavy (non-hydrogen) atoms. The molecule has 0 heterocycles. The van der Waals surface area contributed by atoms with E-state index in [9.17, 15) is 33.6 Å². The summed E-state index contributed by atoms with van der Waals surface area (Å²) in [6.07, 6.45) is 0.265. The second-order valence-corrected chi connectivity index (χ2v) is 7.63. The molecule has 0 fully saturated rings. The van der Waals surface area contributed by atoms with Crippen molar-refractivity contribution in [2.24, 2.45) is 11.7 Å². The van der Waals surface area contributed by atoms with E-state index in [1.807, 2.05) is 13.8 Å². The van der Waals surface area contributed by atoms with Gasteiger partial charge in [-0.25, -0.2) is 0 Å². The van der Waals surface area contributed by atoms with Crippen molar-refractivity contribution in [2.75, 3.05) is 26.2 Å². The molecule has 7 amide bonds. The van der Waals surface area contributed by atoms with Gasteiger partial charge in [-0.15, -0.1) is 0 Å². The number of primary amides is 1. The molecule has 0 aliphatic rings. The summed E-state index contributed by atoms with van der Waals surface area (Å²) in [5.41, 5.74) is 4.90. The van der Waals surface area contributed by atoms with E-state index in [0.29, 0.717) is 0 Å². The predicted octanol–water partition coefficient (Wildman–Crippen LogP) is -4.01. The quantitative estimate of drug-likeness (QED) is 0.133. The van der Waals surface area contributed by atoms with Crippen molar-refractivity contribution >= 4 is 41.4 Å². The first-order valence-electron chi connectivity index (χ1n) is 10.2. The molecule has 0 rings (SSSR count). The molecular weight excluding hydrogens is 438 g/mol. The maximum atomic E-state index is 12.6. The molecule has 0 radical (unpaired) electrons. The third-order valence-electron chi connectivity index (χ3n) is 3.94. The summed E-state index contributed by atoms with van der Waals surface area (Å²) in [6.45, 7) is 4.83. The Bertz CT molecular complexity index is 755. The van der Waals surface area contributed by atoms with E-state index >= 15 is 0 Å². The summed E-state index contributed by atoms with van der Waals surface area (Å²) in [4.78, 5) is 81.3. The summed E-state index contributed by atoms with van der Waals surface area (Å²) in [6, 6.07) is -2.00. The Kier molecular flexibility index (Phi) is 13.4. The second kappa shape index (κ2) is 15.2. The van der Waals surface area contributed by atoms with Crippen LogP contribution < -0.4 is 37.6 Å². The average molecular weight is 472 g/mol. The molecule has 14 heteroatoms. The van der Waals surface area contributed by atoms with E-state index in [0.717, 1.165) is 0 Å². The fraction of sp³-hybridized carbons (Fsp3) is 0.632. The SMILES string of the molecule is CC(=O)NCC(=O)NCC(=O)N[C@@H](CC(C)C)C(=O)N[C@@H](C)C(=O)NCC(=O)NCC(N)=O. The van der Waals surface area contributed by atoms with Crippen LogP contribution in [0, 0.1) is 5.92 Å². The first-order chi connectivity index (χ1) is 15.3. The number of nitrogens with one attached hydrogen (secondary N) is 6. The zero-order valence-electron chi connectivity index (χ0n) is 19.2. The lowest BCUT2D eigenvalue weighted by Gasteiger charge is -2.22. The summed E-state index contributed by atoms with van der Waals surface area (Å²) in [5.74, 6) is -4.22. The minimum absolute atomic E-state index is 0.0218. The van der Waals surface area contributed by atoms with Gasteiger partial charge in [0.2, 0.25) is 41.4 Å². The van der Waals surface area contributed by atoms with E-state index in [-0.39, 0.29) is 25.4 Å². The molecule has 0 spiro atoms. The van der Waals surface area contributed by atoms with Crippen molar-refractivity contribution in [2.45, 2.75) is 46.2 Å². The number of rotatable bonds is 14. The number of hydrogen-bond acceptors (Lipinski definition) is 7. The van der Waals surface area contributed by atoms with Crippen LogP contribution >= 0.6 is 0 Å². The fourth-order valence-corrected chi connectivity index (χ4v) is 2.34. The predicted molar refractivity (Wildman–Crippen MR) is 116 cm³/mol. The summed E-state index contributed by atoms with van der Waals surface area (Å²) < 4.78 is 0. The molecular formula is C19H33N7O7. The molecule has 0 aliphatic heterocycles. The standard InChI is InChI=1S/C19H33N7O7/c1-10(2)5-13(26-17(31)9-23-15(29)7-21-12(4)27)19(33)25-11(3)18(32)24-8-16(30)22-6-14(20)28/h10-11,13H,5-9H2,1-4H3,(H2,20,28)(H,21,27)(H,22,30)(H,23,29)(H,24,32)(H,25,33)(H,26,31)/t11-,13-/m0/s1. The van der Waals surface area contributed by atoms with Crippen molar-refractivity contribution in [1.82, 2.24) is 31.9 Å². The first kappa shape index (κ1) is 29.3. The highest BCUT2D eigenvalue weighted by molar-refractivity contribution is 5.94. The van der Waals surface area contributed by atoms with E-state index in [4.69, 9.17) is 5.73 Å². The third kappa shape index (κ3) is 14.8. The molecule has 14 nitrogen and oxygen atoms in total. The largest absolute Gasteiger partial charge is 0.368 e. The monoisotopic (exact) mass is 471 g/mol. The van der Waals surface area contributed by atoms with Gasteiger partial charge in [0.15, 0.2) is 0 Å². The minimum Gasteiger partial charge on any atom is -0.368 e. The molecule has 0 unspecified atom stereocenters. The van der Waals surface area contributed by atoms with Gasteiger partial charge in [-0.05, 0) is 19.3 Å². The van der Waals surface area contributed by atoms with E-state index < -0.39 is 66.5 Å². The molecule has 0 aromatic rings. The second-order valence-electron chi connectivity index (χ2n) is 7.63. The first-order valence-corrected chi connectivity index (χ1v) is 10.2. The Labute approximate surface area is 191 Å². The maximum Gasteiger partial charge on any atom is 0.243 e. The van der Waals surface area contributed by atoms with Crippen molar-refractivity contribution < 1.29 is 33.6 Å². The zero-order valence-corrected chi connectivity index (χ0v) is 19.2. The van der Waals surface area contributed by atoms with Crippen molar-refractivity contribution in [1.29, 1.82) is 0 Å². The van der Waals surface area contributed by atoms with E-state index in [1.165, 1.54) is 13.8 Å². The Morgan fingerprint density at radius 1 is 0.667 bits per heavy atom. The van der Waals surface area contributed by atoms with Crippen molar-refractivity contribution in [3.63, 3.8) is 0 Å². The van der Waals surface area contributed by atoms with Gasteiger partial charge in [-0.2, -0.15) is 0 Å². The average Bonchev–Trinajstić information content (AvgIpc) is 2.71. The fourth-order valence-electron chi connectivity index (χ4n) is 2.34. The molecule has 2 atom stereocenters. The lowest BCUT2D eigenvalue weighted by molar-refractivity contribution is -0.133. The van der Waals surface area contributed by atoms with Gasteiger partial charge in [-0.1, -0.05) is 13.8 Å². The molecule has 0 aliphatic carbocycles. The van der Waals surface area contributed by atoms with Gasteiger partial charge in [0.1, 0.15) is 12.1 Å². The van der Waals surface area contributed by atoms with Gasteiger partial charge in [0.05, 0.1) is 26.2 Å². The molecule has 0 bridgehead atoms. The highest BCUT2D eigenvalue weighted by Gasteiger charge is 2.25. The normalized spacial score (nSPS) is 12.0. The molecule has 0 aromatic heterocycles. The van der Waals surface area contributed by atoms with Gasteiger partial charge >= 0.3 is 0 Å². The van der Waals surface area contributed by atoms with Crippen LogP contribution in [0.3, 0.4) is 0 Å². The highest BCUT2D eigenvalue weighted by atomic mass is 16.2. The molecule has 0 saturated carbocycles. The van der Waals surface area contributed by atoms with Crippen LogP contribution in [0.15, 0.2) is 0 Å². The van der Waals surface area contributed by atoms with Crippen LogP contribution in [0.5, 0.6) is 0 Å². The number of amides is 7. The Morgan fingerprint density at radius 3 is 1.70 bits per heavy atom. The molecule has 0 aromatic carbocycles. The van der Waals surface area contributed by atoms with Crippen LogP contribution in [-0.2, 0) is 33.6 Å². The summed E-state index contributed by atoms with van der Waals surface area (Å²) in [7, 11) is 0. The van der Waals surface area contributed by atoms with Crippen molar-refractivity contribution in [3.05, 3.63) is 0 Å². The van der Waals surface area contributed by atoms with Crippen LogP contribution in [0.2, 0.25) is 0 Å². The topological polar surface area (TPSA) is 218 Å². The van der Waals surface area contributed by atoms with E-state index in [1.54, 1.807) is 0 Å². The van der Waals surface area contributed by atoms with Gasteiger partial charge in [0.25, 0.3) is 0 Å².